The van der Waals surface area contributed by atoms with Crippen LogP contribution in [0, 0.1) is 13.8 Å². The maximum atomic E-state index is 13.2. The van der Waals surface area contributed by atoms with Gasteiger partial charge in [0.25, 0.3) is 5.56 Å². The predicted molar refractivity (Wildman–Crippen MR) is 111 cm³/mol. The summed E-state index contributed by atoms with van der Waals surface area (Å²) in [5.41, 5.74) is 3.31. The van der Waals surface area contributed by atoms with Gasteiger partial charge >= 0.3 is 0 Å². The van der Waals surface area contributed by atoms with Gasteiger partial charge < -0.3 is 9.72 Å². The third kappa shape index (κ3) is 3.58. The number of hydrogen-bond acceptors (Lipinski definition) is 6. The minimum atomic E-state index is -0.346. The Morgan fingerprint density at radius 1 is 1.14 bits per heavy atom. The maximum absolute atomic E-state index is 13.2. The fourth-order valence-corrected chi connectivity index (χ4v) is 3.97. The number of benzene rings is 1. The van der Waals surface area contributed by atoms with Crippen LogP contribution in [0.15, 0.2) is 23.0 Å². The first-order valence-corrected chi connectivity index (χ1v) is 10.0. The normalized spacial score (nSPS) is 17.0. The van der Waals surface area contributed by atoms with E-state index >= 15 is 0 Å². The molecule has 0 saturated carbocycles. The second kappa shape index (κ2) is 7.35. The molecule has 3 heterocycles. The topological polar surface area (TPSA) is 88.9 Å². The molecule has 8 nitrogen and oxygen atoms in total. The molecule has 154 valence electrons. The van der Waals surface area contributed by atoms with Crippen LogP contribution in [0.4, 0.5) is 0 Å². The molecule has 1 aliphatic rings. The largest absolute Gasteiger partial charge is 0.379 e. The second-order valence-electron chi connectivity index (χ2n) is 8.71. The van der Waals surface area contributed by atoms with Crippen LogP contribution >= 0.6 is 0 Å². The average Bonchev–Trinajstić information content (AvgIpc) is 3.17. The van der Waals surface area contributed by atoms with Crippen molar-refractivity contribution in [2.24, 2.45) is 0 Å². The number of hydrogen-bond donors (Lipinski definition) is 1. The van der Waals surface area contributed by atoms with Gasteiger partial charge in [0, 0.05) is 24.0 Å². The zero-order chi connectivity index (χ0) is 20.8. The SMILES string of the molecule is Cc1ccc(C)c2[nH]c(=O)c([C@@H](c3nnnn3C(C)(C)C)N3CCOCC3)cc12. The van der Waals surface area contributed by atoms with Crippen LogP contribution in [0.25, 0.3) is 10.9 Å². The van der Waals surface area contributed by atoms with Gasteiger partial charge in [-0.2, -0.15) is 0 Å². The molecule has 1 saturated heterocycles. The van der Waals surface area contributed by atoms with E-state index in [-0.39, 0.29) is 17.1 Å². The monoisotopic (exact) mass is 396 g/mol. The van der Waals surface area contributed by atoms with Crippen molar-refractivity contribution in [3.63, 3.8) is 0 Å². The summed E-state index contributed by atoms with van der Waals surface area (Å²) in [6.07, 6.45) is 0. The standard InChI is InChI=1S/C21H28N6O2/c1-13-6-7-14(2)17-15(13)12-16(20(28)22-17)18(26-8-10-29-11-9-26)19-23-24-25-27(19)21(3,4)5/h6-7,12,18H,8-11H2,1-5H3,(H,22,28)/t18-/m0/s1. The molecule has 1 N–H and O–H groups in total. The van der Waals surface area contributed by atoms with Crippen molar-refractivity contribution in [1.29, 1.82) is 0 Å². The number of morpholine rings is 1. The van der Waals surface area contributed by atoms with Gasteiger partial charge in [0.15, 0.2) is 5.82 Å². The van der Waals surface area contributed by atoms with Gasteiger partial charge in [0.1, 0.15) is 6.04 Å². The smallest absolute Gasteiger partial charge is 0.253 e. The van der Waals surface area contributed by atoms with Crippen molar-refractivity contribution in [3.8, 4) is 0 Å². The molecular weight excluding hydrogens is 368 g/mol. The zero-order valence-corrected chi connectivity index (χ0v) is 17.7. The van der Waals surface area contributed by atoms with Crippen LogP contribution in [0.3, 0.4) is 0 Å². The van der Waals surface area contributed by atoms with E-state index in [0.717, 1.165) is 22.0 Å². The quantitative estimate of drug-likeness (QED) is 0.731. The molecule has 4 rings (SSSR count). The number of nitrogens with zero attached hydrogens (tertiary/aromatic N) is 5. The molecule has 1 fully saturated rings. The Labute approximate surface area is 169 Å². The number of aryl methyl sites for hydroxylation is 2. The van der Waals surface area contributed by atoms with Gasteiger partial charge in [-0.3, -0.25) is 9.69 Å². The highest BCUT2D eigenvalue weighted by atomic mass is 16.5. The number of rotatable bonds is 3. The molecular formula is C21H28N6O2. The summed E-state index contributed by atoms with van der Waals surface area (Å²) >= 11 is 0. The van der Waals surface area contributed by atoms with E-state index in [2.05, 4.69) is 59.2 Å². The van der Waals surface area contributed by atoms with E-state index < -0.39 is 0 Å². The van der Waals surface area contributed by atoms with Gasteiger partial charge in [-0.25, -0.2) is 4.68 Å². The zero-order valence-electron chi connectivity index (χ0n) is 17.7. The first kappa shape index (κ1) is 19.7. The lowest BCUT2D eigenvalue weighted by atomic mass is 9.98. The van der Waals surface area contributed by atoms with Crippen LogP contribution in [0.5, 0.6) is 0 Å². The lowest BCUT2D eigenvalue weighted by Gasteiger charge is -2.35. The molecule has 0 unspecified atom stereocenters. The average molecular weight is 396 g/mol. The van der Waals surface area contributed by atoms with Crippen molar-refractivity contribution in [2.45, 2.75) is 46.2 Å². The molecule has 2 aromatic heterocycles. The highest BCUT2D eigenvalue weighted by Crippen LogP contribution is 2.30. The number of ether oxygens (including phenoxy) is 1. The number of nitrogens with one attached hydrogen (secondary N) is 1. The molecule has 29 heavy (non-hydrogen) atoms. The lowest BCUT2D eigenvalue weighted by Crippen LogP contribution is -2.43. The Morgan fingerprint density at radius 2 is 1.83 bits per heavy atom. The second-order valence-corrected chi connectivity index (χ2v) is 8.71. The fraction of sp³-hybridized carbons (Fsp3) is 0.524. The summed E-state index contributed by atoms with van der Waals surface area (Å²) in [4.78, 5) is 18.6. The minimum absolute atomic E-state index is 0.105. The number of aromatic amines is 1. The van der Waals surface area contributed by atoms with Gasteiger partial charge in [0.2, 0.25) is 0 Å². The van der Waals surface area contributed by atoms with Crippen molar-refractivity contribution < 1.29 is 4.74 Å². The van der Waals surface area contributed by atoms with Crippen molar-refractivity contribution in [3.05, 3.63) is 51.1 Å². The van der Waals surface area contributed by atoms with Crippen LogP contribution < -0.4 is 5.56 Å². The van der Waals surface area contributed by atoms with Crippen LogP contribution in [0.2, 0.25) is 0 Å². The van der Waals surface area contributed by atoms with Gasteiger partial charge in [-0.15, -0.1) is 5.10 Å². The third-order valence-corrected chi connectivity index (χ3v) is 5.55. The highest BCUT2D eigenvalue weighted by Gasteiger charge is 2.34. The van der Waals surface area contributed by atoms with Crippen molar-refractivity contribution in [2.75, 3.05) is 26.3 Å². The van der Waals surface area contributed by atoms with Crippen molar-refractivity contribution in [1.82, 2.24) is 30.1 Å². The van der Waals surface area contributed by atoms with Crippen LogP contribution in [-0.4, -0.2) is 56.4 Å². The number of fused-ring (bicyclic) bond motifs is 1. The van der Waals surface area contributed by atoms with Gasteiger partial charge in [-0.05, 0) is 62.2 Å². The van der Waals surface area contributed by atoms with Crippen LogP contribution in [0.1, 0.15) is 49.3 Å². The molecule has 1 aliphatic heterocycles. The summed E-state index contributed by atoms with van der Waals surface area (Å²) in [5, 5.41) is 13.6. The van der Waals surface area contributed by atoms with Gasteiger partial charge in [0.05, 0.1) is 24.3 Å². The summed E-state index contributed by atoms with van der Waals surface area (Å²) in [6, 6.07) is 5.79. The number of H-pyrrole nitrogens is 1. The molecule has 8 heteroatoms. The van der Waals surface area contributed by atoms with E-state index in [1.807, 2.05) is 23.7 Å². The first-order valence-electron chi connectivity index (χ1n) is 10.0. The Morgan fingerprint density at radius 3 is 2.52 bits per heavy atom. The predicted octanol–water partition coefficient (Wildman–Crippen LogP) is 2.31. The minimum Gasteiger partial charge on any atom is -0.379 e. The first-order chi connectivity index (χ1) is 13.8. The Hall–Kier alpha value is -2.58. The Bertz CT molecular complexity index is 1090. The molecule has 0 amide bonds. The van der Waals surface area contributed by atoms with E-state index in [1.165, 1.54) is 0 Å². The summed E-state index contributed by atoms with van der Waals surface area (Å²) in [5.74, 6) is 0.676. The van der Waals surface area contributed by atoms with Crippen molar-refractivity contribution >= 4 is 10.9 Å². The summed E-state index contributed by atoms with van der Waals surface area (Å²) < 4.78 is 7.37. The number of aromatic nitrogens is 5. The molecule has 0 spiro atoms. The van der Waals surface area contributed by atoms with Gasteiger partial charge in [-0.1, -0.05) is 12.1 Å². The Balaban J connectivity index is 1.95. The Kier molecular flexibility index (Phi) is 5.00. The summed E-state index contributed by atoms with van der Waals surface area (Å²) in [6.45, 7) is 12.9. The highest BCUT2D eigenvalue weighted by molar-refractivity contribution is 5.85. The molecule has 0 bridgehead atoms. The van der Waals surface area contributed by atoms with E-state index in [4.69, 9.17) is 4.74 Å². The van der Waals surface area contributed by atoms with Crippen LogP contribution in [-0.2, 0) is 10.3 Å². The molecule has 0 radical (unpaired) electrons. The molecule has 1 atom stereocenters. The molecule has 3 aromatic rings. The fourth-order valence-electron chi connectivity index (χ4n) is 3.97. The lowest BCUT2D eigenvalue weighted by molar-refractivity contribution is 0.0206. The molecule has 0 aliphatic carbocycles. The van der Waals surface area contributed by atoms with E-state index in [0.29, 0.717) is 37.7 Å². The summed E-state index contributed by atoms with van der Waals surface area (Å²) in [7, 11) is 0. The number of pyridine rings is 1. The third-order valence-electron chi connectivity index (χ3n) is 5.55. The van der Waals surface area contributed by atoms with E-state index in [1.54, 1.807) is 0 Å². The maximum Gasteiger partial charge on any atom is 0.253 e. The molecule has 1 aromatic carbocycles. The number of tetrazole rings is 1. The van der Waals surface area contributed by atoms with E-state index in [9.17, 15) is 4.79 Å².